The molecule has 1 fully saturated rings. The van der Waals surface area contributed by atoms with Gasteiger partial charge in [-0.2, -0.15) is 4.98 Å². The quantitative estimate of drug-likeness (QED) is 0.836. The number of hydrogen-bond acceptors (Lipinski definition) is 5. The van der Waals surface area contributed by atoms with Crippen LogP contribution in [0.1, 0.15) is 24.7 Å². The molecule has 3 heterocycles. The largest absolute Gasteiger partial charge is 0.339 e. The van der Waals surface area contributed by atoms with Crippen molar-refractivity contribution in [3.63, 3.8) is 0 Å². The van der Waals surface area contributed by atoms with E-state index in [0.29, 0.717) is 11.7 Å². The summed E-state index contributed by atoms with van der Waals surface area (Å²) in [6.45, 7) is 2.04. The molecule has 17 heavy (non-hydrogen) atoms. The summed E-state index contributed by atoms with van der Waals surface area (Å²) >= 11 is 0. The number of nitrogens with one attached hydrogen (secondary N) is 1. The maximum absolute atomic E-state index is 5.34. The van der Waals surface area contributed by atoms with Crippen molar-refractivity contribution < 1.29 is 4.52 Å². The highest BCUT2D eigenvalue weighted by molar-refractivity contribution is 5.42. The first-order valence-electron chi connectivity index (χ1n) is 5.86. The van der Waals surface area contributed by atoms with Gasteiger partial charge in [0.2, 0.25) is 11.7 Å². The molecule has 0 atom stereocenters. The van der Waals surface area contributed by atoms with Crippen molar-refractivity contribution >= 4 is 0 Å². The SMILES string of the molecule is Cn1ccnc1-c1noc(C2CCNCC2)n1. The Balaban J connectivity index is 1.85. The first-order chi connectivity index (χ1) is 8.34. The lowest BCUT2D eigenvalue weighted by atomic mass is 9.98. The second-order valence-corrected chi connectivity index (χ2v) is 4.34. The van der Waals surface area contributed by atoms with E-state index >= 15 is 0 Å². The minimum Gasteiger partial charge on any atom is -0.339 e. The average molecular weight is 233 g/mol. The zero-order valence-corrected chi connectivity index (χ0v) is 9.76. The zero-order chi connectivity index (χ0) is 11.7. The van der Waals surface area contributed by atoms with Gasteiger partial charge in [0, 0.05) is 25.4 Å². The predicted octanol–water partition coefficient (Wildman–Crippen LogP) is 0.937. The van der Waals surface area contributed by atoms with Gasteiger partial charge >= 0.3 is 0 Å². The van der Waals surface area contributed by atoms with Crippen LogP contribution in [0.2, 0.25) is 0 Å². The molecule has 6 nitrogen and oxygen atoms in total. The fourth-order valence-electron chi connectivity index (χ4n) is 2.14. The van der Waals surface area contributed by atoms with E-state index in [2.05, 4.69) is 20.4 Å². The lowest BCUT2D eigenvalue weighted by Crippen LogP contribution is -2.26. The Morgan fingerprint density at radius 2 is 2.24 bits per heavy atom. The fraction of sp³-hybridized carbons (Fsp3) is 0.545. The molecule has 0 radical (unpaired) electrons. The van der Waals surface area contributed by atoms with E-state index in [0.717, 1.165) is 37.6 Å². The van der Waals surface area contributed by atoms with Gasteiger partial charge in [-0.1, -0.05) is 5.16 Å². The van der Waals surface area contributed by atoms with E-state index in [1.165, 1.54) is 0 Å². The number of aryl methyl sites for hydroxylation is 1. The maximum atomic E-state index is 5.34. The molecule has 90 valence electrons. The third kappa shape index (κ3) is 1.95. The van der Waals surface area contributed by atoms with Gasteiger partial charge in [0.25, 0.3) is 0 Å². The number of rotatable bonds is 2. The smallest absolute Gasteiger partial charge is 0.238 e. The van der Waals surface area contributed by atoms with Gasteiger partial charge in [0.15, 0.2) is 5.82 Å². The monoisotopic (exact) mass is 233 g/mol. The van der Waals surface area contributed by atoms with Crippen LogP contribution in [0.25, 0.3) is 11.6 Å². The highest BCUT2D eigenvalue weighted by Gasteiger charge is 2.22. The predicted molar refractivity (Wildman–Crippen MR) is 61.3 cm³/mol. The van der Waals surface area contributed by atoms with Crippen LogP contribution < -0.4 is 5.32 Å². The van der Waals surface area contributed by atoms with Crippen LogP contribution in [0.4, 0.5) is 0 Å². The van der Waals surface area contributed by atoms with Gasteiger partial charge in [0.05, 0.1) is 0 Å². The standard InChI is InChI=1S/C11H15N5O/c1-16-7-6-13-10(16)9-14-11(17-15-9)8-2-4-12-5-3-8/h6-8,12H,2-5H2,1H3. The molecule has 1 saturated heterocycles. The Morgan fingerprint density at radius 1 is 1.41 bits per heavy atom. The minimum absolute atomic E-state index is 0.387. The highest BCUT2D eigenvalue weighted by atomic mass is 16.5. The second-order valence-electron chi connectivity index (χ2n) is 4.34. The van der Waals surface area contributed by atoms with E-state index in [1.54, 1.807) is 6.20 Å². The summed E-state index contributed by atoms with van der Waals surface area (Å²) < 4.78 is 7.23. The van der Waals surface area contributed by atoms with Gasteiger partial charge in [-0.05, 0) is 25.9 Å². The van der Waals surface area contributed by atoms with Gasteiger partial charge in [0.1, 0.15) is 0 Å². The molecule has 3 rings (SSSR count). The summed E-state index contributed by atoms with van der Waals surface area (Å²) in [6, 6.07) is 0. The highest BCUT2D eigenvalue weighted by Crippen LogP contribution is 2.25. The Labute approximate surface area is 99.0 Å². The van der Waals surface area contributed by atoms with E-state index in [1.807, 2.05) is 17.8 Å². The van der Waals surface area contributed by atoms with Crippen LogP contribution in [0.15, 0.2) is 16.9 Å². The van der Waals surface area contributed by atoms with Crippen LogP contribution in [-0.2, 0) is 7.05 Å². The van der Waals surface area contributed by atoms with Gasteiger partial charge in [-0.25, -0.2) is 4.98 Å². The molecular weight excluding hydrogens is 218 g/mol. The molecule has 6 heteroatoms. The third-order valence-electron chi connectivity index (χ3n) is 3.15. The van der Waals surface area contributed by atoms with Crippen LogP contribution in [-0.4, -0.2) is 32.8 Å². The third-order valence-corrected chi connectivity index (χ3v) is 3.15. The van der Waals surface area contributed by atoms with Gasteiger partial charge in [-0.3, -0.25) is 0 Å². The molecule has 0 spiro atoms. The molecule has 2 aromatic rings. The first kappa shape index (κ1) is 10.5. The van der Waals surface area contributed by atoms with Crippen LogP contribution >= 0.6 is 0 Å². The molecule has 1 aliphatic heterocycles. The molecule has 1 aliphatic rings. The summed E-state index contributed by atoms with van der Waals surface area (Å²) in [5, 5.41) is 7.33. The molecule has 0 amide bonds. The number of hydrogen-bond donors (Lipinski definition) is 1. The molecule has 0 bridgehead atoms. The number of imidazole rings is 1. The number of aromatic nitrogens is 4. The Bertz CT molecular complexity index is 497. The molecule has 1 N–H and O–H groups in total. The summed E-state index contributed by atoms with van der Waals surface area (Å²) in [5.74, 6) is 2.45. The van der Waals surface area contributed by atoms with Crippen molar-refractivity contribution in [2.24, 2.45) is 7.05 Å². The van der Waals surface area contributed by atoms with E-state index < -0.39 is 0 Å². The number of piperidine rings is 1. The fourth-order valence-corrected chi connectivity index (χ4v) is 2.14. The maximum Gasteiger partial charge on any atom is 0.238 e. The summed E-state index contributed by atoms with van der Waals surface area (Å²) in [5.41, 5.74) is 0. The van der Waals surface area contributed by atoms with Crippen molar-refractivity contribution in [1.82, 2.24) is 25.0 Å². The van der Waals surface area contributed by atoms with Crippen molar-refractivity contribution in [1.29, 1.82) is 0 Å². The van der Waals surface area contributed by atoms with Gasteiger partial charge < -0.3 is 14.4 Å². The second kappa shape index (κ2) is 4.29. The van der Waals surface area contributed by atoms with Gasteiger partial charge in [-0.15, -0.1) is 0 Å². The minimum atomic E-state index is 0.387. The average Bonchev–Trinajstić information content (AvgIpc) is 2.98. The lowest BCUT2D eigenvalue weighted by Gasteiger charge is -2.18. The van der Waals surface area contributed by atoms with Crippen LogP contribution in [0.5, 0.6) is 0 Å². The van der Waals surface area contributed by atoms with E-state index in [9.17, 15) is 0 Å². The van der Waals surface area contributed by atoms with Crippen molar-refractivity contribution in [2.75, 3.05) is 13.1 Å². The van der Waals surface area contributed by atoms with Crippen molar-refractivity contribution in [2.45, 2.75) is 18.8 Å². The summed E-state index contributed by atoms with van der Waals surface area (Å²) in [6.07, 6.45) is 5.72. The zero-order valence-electron chi connectivity index (χ0n) is 9.76. The lowest BCUT2D eigenvalue weighted by molar-refractivity contribution is 0.320. The Morgan fingerprint density at radius 3 is 2.94 bits per heavy atom. The molecule has 0 unspecified atom stereocenters. The van der Waals surface area contributed by atoms with E-state index in [4.69, 9.17) is 4.52 Å². The van der Waals surface area contributed by atoms with Crippen molar-refractivity contribution in [3.05, 3.63) is 18.3 Å². The van der Waals surface area contributed by atoms with Crippen molar-refractivity contribution in [3.8, 4) is 11.6 Å². The molecular formula is C11H15N5O. The molecule has 0 aromatic carbocycles. The van der Waals surface area contributed by atoms with E-state index in [-0.39, 0.29) is 0 Å². The first-order valence-corrected chi connectivity index (χ1v) is 5.86. The Kier molecular flexibility index (Phi) is 2.64. The van der Waals surface area contributed by atoms with Crippen LogP contribution in [0, 0.1) is 0 Å². The summed E-state index contributed by atoms with van der Waals surface area (Å²) in [4.78, 5) is 8.66. The number of nitrogens with zero attached hydrogens (tertiary/aromatic N) is 4. The topological polar surface area (TPSA) is 68.8 Å². The molecule has 0 aliphatic carbocycles. The Hall–Kier alpha value is -1.69. The molecule has 2 aromatic heterocycles. The summed E-state index contributed by atoms with van der Waals surface area (Å²) in [7, 11) is 1.92. The molecule has 0 saturated carbocycles. The van der Waals surface area contributed by atoms with Crippen LogP contribution in [0.3, 0.4) is 0 Å². The normalized spacial score (nSPS) is 17.5.